The molecule has 0 saturated carbocycles. The lowest BCUT2D eigenvalue weighted by Crippen LogP contribution is -2.32. The molecule has 0 unspecified atom stereocenters. The van der Waals surface area contributed by atoms with Crippen molar-refractivity contribution >= 4 is 11.7 Å². The van der Waals surface area contributed by atoms with Crippen molar-refractivity contribution in [3.8, 4) is 17.1 Å². The molecule has 0 aliphatic carbocycles. The number of hydrogen-bond donors (Lipinski definition) is 2. The normalized spacial score (nSPS) is 10.8. The number of carbonyl (C=O) groups excluding carboxylic acids is 1. The number of carbonyl (C=O) groups is 1. The minimum absolute atomic E-state index is 0.247. The Hall–Kier alpha value is -4.07. The molecule has 0 aliphatic rings. The first-order valence-corrected chi connectivity index (χ1v) is 10.3. The van der Waals surface area contributed by atoms with Crippen LogP contribution in [0.15, 0.2) is 70.1 Å². The Balaban J connectivity index is 1.37. The summed E-state index contributed by atoms with van der Waals surface area (Å²) in [5.74, 6) is 0.547. The summed E-state index contributed by atoms with van der Waals surface area (Å²) in [4.78, 5) is 29.7. The SMILES string of the molecule is Cc1ccc(-c2nc(CCNC(=O)Nc3c(C)n(C)n(-c4ccccc4)c3=O)co2)cc1. The number of benzene rings is 2. The maximum absolute atomic E-state index is 12.9. The summed E-state index contributed by atoms with van der Waals surface area (Å²) in [5, 5.41) is 5.45. The molecule has 0 radical (unpaired) electrons. The highest BCUT2D eigenvalue weighted by molar-refractivity contribution is 5.89. The Morgan fingerprint density at radius 2 is 1.78 bits per heavy atom. The van der Waals surface area contributed by atoms with Gasteiger partial charge in [-0.2, -0.15) is 0 Å². The molecule has 0 atom stereocenters. The highest BCUT2D eigenvalue weighted by Gasteiger charge is 2.18. The number of nitrogens with zero attached hydrogens (tertiary/aromatic N) is 3. The third-order valence-electron chi connectivity index (χ3n) is 5.31. The van der Waals surface area contributed by atoms with E-state index in [0.717, 1.165) is 16.9 Å². The van der Waals surface area contributed by atoms with E-state index in [2.05, 4.69) is 15.6 Å². The Bertz CT molecular complexity index is 1280. The zero-order chi connectivity index (χ0) is 22.7. The second-order valence-corrected chi connectivity index (χ2v) is 7.58. The standard InChI is InChI=1S/C24H25N5O3/c1-16-9-11-18(12-10-16)22-26-19(15-32-22)13-14-25-24(31)27-21-17(2)28(3)29(23(21)30)20-7-5-4-6-8-20/h4-12,15H,13-14H2,1-3H3,(H2,25,27,31). The summed E-state index contributed by atoms with van der Waals surface area (Å²) in [7, 11) is 1.78. The van der Waals surface area contributed by atoms with Crippen LogP contribution in [0.2, 0.25) is 0 Å². The summed E-state index contributed by atoms with van der Waals surface area (Å²) < 4.78 is 8.79. The molecular formula is C24H25N5O3. The van der Waals surface area contributed by atoms with Crippen molar-refractivity contribution in [2.24, 2.45) is 7.05 Å². The molecule has 2 N–H and O–H groups in total. The van der Waals surface area contributed by atoms with Crippen LogP contribution in [0.25, 0.3) is 17.1 Å². The summed E-state index contributed by atoms with van der Waals surface area (Å²) in [6.07, 6.45) is 2.10. The molecule has 2 aromatic carbocycles. The van der Waals surface area contributed by atoms with Gasteiger partial charge in [-0.1, -0.05) is 35.9 Å². The molecule has 4 aromatic rings. The highest BCUT2D eigenvalue weighted by atomic mass is 16.3. The van der Waals surface area contributed by atoms with Gasteiger partial charge in [-0.3, -0.25) is 9.48 Å². The first-order valence-electron chi connectivity index (χ1n) is 10.3. The lowest BCUT2D eigenvalue weighted by molar-refractivity contribution is 0.252. The molecule has 32 heavy (non-hydrogen) atoms. The smallest absolute Gasteiger partial charge is 0.319 e. The van der Waals surface area contributed by atoms with E-state index in [-0.39, 0.29) is 11.2 Å². The van der Waals surface area contributed by atoms with Crippen molar-refractivity contribution in [3.05, 3.63) is 88.2 Å². The molecular weight excluding hydrogens is 406 g/mol. The maximum Gasteiger partial charge on any atom is 0.319 e. The second kappa shape index (κ2) is 8.97. The molecule has 0 aliphatic heterocycles. The maximum atomic E-state index is 12.9. The molecule has 8 nitrogen and oxygen atoms in total. The van der Waals surface area contributed by atoms with Crippen molar-refractivity contribution in [2.45, 2.75) is 20.3 Å². The Kier molecular flexibility index (Phi) is 5.93. The van der Waals surface area contributed by atoms with Gasteiger partial charge in [-0.25, -0.2) is 14.5 Å². The molecule has 0 bridgehead atoms. The van der Waals surface area contributed by atoms with Gasteiger partial charge in [0.2, 0.25) is 5.89 Å². The van der Waals surface area contributed by atoms with Crippen LogP contribution >= 0.6 is 0 Å². The fourth-order valence-corrected chi connectivity index (χ4v) is 3.42. The second-order valence-electron chi connectivity index (χ2n) is 7.58. The number of hydrogen-bond acceptors (Lipinski definition) is 4. The van der Waals surface area contributed by atoms with Crippen LogP contribution in [0.1, 0.15) is 17.0 Å². The van der Waals surface area contributed by atoms with Crippen LogP contribution in [0.3, 0.4) is 0 Å². The monoisotopic (exact) mass is 431 g/mol. The van der Waals surface area contributed by atoms with E-state index in [0.29, 0.717) is 24.6 Å². The summed E-state index contributed by atoms with van der Waals surface area (Å²) in [5.41, 5.74) is 4.16. The summed E-state index contributed by atoms with van der Waals surface area (Å²) >= 11 is 0. The highest BCUT2D eigenvalue weighted by Crippen LogP contribution is 2.19. The zero-order valence-corrected chi connectivity index (χ0v) is 18.3. The Labute approximate surface area is 185 Å². The molecule has 0 fully saturated rings. The molecule has 2 aromatic heterocycles. The van der Waals surface area contributed by atoms with Crippen LogP contribution in [0.4, 0.5) is 10.5 Å². The molecule has 4 rings (SSSR count). The van der Waals surface area contributed by atoms with Gasteiger partial charge in [0, 0.05) is 25.6 Å². The number of para-hydroxylation sites is 1. The lowest BCUT2D eigenvalue weighted by atomic mass is 10.1. The topological polar surface area (TPSA) is 94.1 Å². The van der Waals surface area contributed by atoms with Gasteiger partial charge < -0.3 is 15.1 Å². The largest absolute Gasteiger partial charge is 0.444 e. The minimum Gasteiger partial charge on any atom is -0.444 e. The van der Waals surface area contributed by atoms with Gasteiger partial charge in [-0.15, -0.1) is 0 Å². The molecule has 8 heteroatoms. The van der Waals surface area contributed by atoms with Crippen molar-refractivity contribution in [1.82, 2.24) is 19.7 Å². The summed E-state index contributed by atoms with van der Waals surface area (Å²) in [6.45, 7) is 4.16. The number of aromatic nitrogens is 3. The van der Waals surface area contributed by atoms with E-state index >= 15 is 0 Å². The molecule has 164 valence electrons. The van der Waals surface area contributed by atoms with E-state index in [4.69, 9.17) is 4.42 Å². The van der Waals surface area contributed by atoms with Crippen molar-refractivity contribution < 1.29 is 9.21 Å². The van der Waals surface area contributed by atoms with E-state index < -0.39 is 6.03 Å². The van der Waals surface area contributed by atoms with Crippen LogP contribution < -0.4 is 16.2 Å². The van der Waals surface area contributed by atoms with E-state index in [1.165, 1.54) is 10.2 Å². The number of aryl methyl sites for hydroxylation is 1. The van der Waals surface area contributed by atoms with Gasteiger partial charge in [0.25, 0.3) is 5.56 Å². The third kappa shape index (κ3) is 4.34. The van der Waals surface area contributed by atoms with Crippen LogP contribution in [-0.2, 0) is 13.5 Å². The quantitative estimate of drug-likeness (QED) is 0.485. The molecule has 2 amide bonds. The number of nitrogens with one attached hydrogen (secondary N) is 2. The van der Waals surface area contributed by atoms with Gasteiger partial charge in [0.05, 0.1) is 17.1 Å². The number of amides is 2. The number of oxazole rings is 1. The van der Waals surface area contributed by atoms with Gasteiger partial charge in [0.1, 0.15) is 12.0 Å². The van der Waals surface area contributed by atoms with Crippen molar-refractivity contribution in [3.63, 3.8) is 0 Å². The zero-order valence-electron chi connectivity index (χ0n) is 18.3. The van der Waals surface area contributed by atoms with E-state index in [1.54, 1.807) is 24.9 Å². The fourth-order valence-electron chi connectivity index (χ4n) is 3.42. The van der Waals surface area contributed by atoms with E-state index in [1.807, 2.05) is 61.5 Å². The molecule has 0 spiro atoms. The predicted molar refractivity (Wildman–Crippen MR) is 123 cm³/mol. The average Bonchev–Trinajstić information content (AvgIpc) is 3.34. The Morgan fingerprint density at radius 1 is 1.06 bits per heavy atom. The van der Waals surface area contributed by atoms with Gasteiger partial charge >= 0.3 is 6.03 Å². The van der Waals surface area contributed by atoms with Crippen molar-refractivity contribution in [1.29, 1.82) is 0 Å². The first-order chi connectivity index (χ1) is 15.4. The molecule has 0 saturated heterocycles. The number of urea groups is 1. The minimum atomic E-state index is -0.446. The van der Waals surface area contributed by atoms with Crippen LogP contribution in [-0.4, -0.2) is 26.9 Å². The van der Waals surface area contributed by atoms with Crippen LogP contribution in [0, 0.1) is 13.8 Å². The van der Waals surface area contributed by atoms with Crippen molar-refractivity contribution in [2.75, 3.05) is 11.9 Å². The average molecular weight is 431 g/mol. The predicted octanol–water partition coefficient (Wildman–Crippen LogP) is 3.81. The van der Waals surface area contributed by atoms with Crippen LogP contribution in [0.5, 0.6) is 0 Å². The van der Waals surface area contributed by atoms with E-state index in [9.17, 15) is 9.59 Å². The first kappa shape index (κ1) is 21.2. The fraction of sp³-hybridized carbons (Fsp3) is 0.208. The lowest BCUT2D eigenvalue weighted by Gasteiger charge is -2.07. The summed E-state index contributed by atoms with van der Waals surface area (Å²) in [6, 6.07) is 16.8. The Morgan fingerprint density at radius 3 is 2.50 bits per heavy atom. The number of anilines is 1. The number of rotatable bonds is 6. The molecule has 2 heterocycles. The van der Waals surface area contributed by atoms with Gasteiger partial charge in [0.15, 0.2) is 0 Å². The van der Waals surface area contributed by atoms with Gasteiger partial charge in [-0.05, 0) is 38.1 Å². The third-order valence-corrected chi connectivity index (χ3v) is 5.31.